The number of hydrogen-bond donors (Lipinski definition) is 0. The van der Waals surface area contributed by atoms with E-state index in [-0.39, 0.29) is 0 Å². The van der Waals surface area contributed by atoms with Gasteiger partial charge in [0.1, 0.15) is 0 Å². The Morgan fingerprint density at radius 2 is 1.59 bits per heavy atom. The number of nitrogens with zero attached hydrogens (tertiary/aromatic N) is 1. The van der Waals surface area contributed by atoms with Crippen LogP contribution < -0.4 is 0 Å². The van der Waals surface area contributed by atoms with Crippen molar-refractivity contribution in [2.45, 2.75) is 11.8 Å². The summed E-state index contributed by atoms with van der Waals surface area (Å²) in [5, 5.41) is 5.94. The molecule has 0 N–H and O–H groups in total. The molecule has 0 bridgehead atoms. The molecule has 22 heavy (non-hydrogen) atoms. The van der Waals surface area contributed by atoms with Crippen molar-refractivity contribution in [1.82, 2.24) is 0 Å². The number of oxime groups is 1. The van der Waals surface area contributed by atoms with Crippen LogP contribution >= 0.6 is 0 Å². The Balaban J connectivity index is 1.85. The van der Waals surface area contributed by atoms with Crippen LogP contribution in [0.2, 0.25) is 0 Å². The maximum Gasteiger partial charge on any atom is 0.265 e. The zero-order valence-electron chi connectivity index (χ0n) is 12.1. The highest BCUT2D eigenvalue weighted by Gasteiger charge is 2.10. The van der Waals surface area contributed by atoms with E-state index in [4.69, 9.17) is 4.28 Å². The quantitative estimate of drug-likeness (QED) is 0.532. The van der Waals surface area contributed by atoms with Crippen LogP contribution in [0.5, 0.6) is 0 Å². The Bertz CT molecular complexity index is 839. The first-order valence-electron chi connectivity index (χ1n) is 6.93. The van der Waals surface area contributed by atoms with Crippen LogP contribution in [0.25, 0.3) is 10.8 Å². The molecule has 0 spiro atoms. The predicted molar refractivity (Wildman–Crippen MR) is 90.1 cm³/mol. The fourth-order valence-electron chi connectivity index (χ4n) is 2.20. The first kappa shape index (κ1) is 14.5. The first-order chi connectivity index (χ1) is 10.8. The Morgan fingerprint density at radius 3 is 2.41 bits per heavy atom. The lowest BCUT2D eigenvalue weighted by Crippen LogP contribution is -1.99. The predicted octanol–water partition coefficient (Wildman–Crippen LogP) is 4.30. The highest BCUT2D eigenvalue weighted by molar-refractivity contribution is 7.80. The molecule has 0 heterocycles. The van der Waals surface area contributed by atoms with E-state index in [1.807, 2.05) is 73.7 Å². The van der Waals surface area contributed by atoms with Crippen LogP contribution in [0.15, 0.2) is 82.8 Å². The standard InChI is InChI=1S/C18H15NO2S/c1-14(15-8-3-2-4-9-15)19-21-22(20)18-13-7-11-16-10-5-6-12-17(16)18/h2-13H,1H3/b19-14+/t22-/m0/s1. The van der Waals surface area contributed by atoms with Crippen molar-refractivity contribution in [3.05, 3.63) is 78.4 Å². The second kappa shape index (κ2) is 6.54. The van der Waals surface area contributed by atoms with Gasteiger partial charge in [-0.15, -0.1) is 0 Å². The van der Waals surface area contributed by atoms with Gasteiger partial charge in [-0.05, 0) is 23.9 Å². The third kappa shape index (κ3) is 3.07. The van der Waals surface area contributed by atoms with E-state index in [0.717, 1.165) is 16.3 Å². The van der Waals surface area contributed by atoms with E-state index >= 15 is 0 Å². The summed E-state index contributed by atoms with van der Waals surface area (Å²) >= 11 is -1.64. The summed E-state index contributed by atoms with van der Waals surface area (Å²) in [5.74, 6) is 0. The van der Waals surface area contributed by atoms with E-state index in [0.29, 0.717) is 10.6 Å². The van der Waals surface area contributed by atoms with Crippen molar-refractivity contribution in [2.24, 2.45) is 5.16 Å². The summed E-state index contributed by atoms with van der Waals surface area (Å²) in [7, 11) is 0. The Labute approximate surface area is 131 Å². The highest BCUT2D eigenvalue weighted by Crippen LogP contribution is 2.22. The Hall–Kier alpha value is -2.46. The van der Waals surface area contributed by atoms with E-state index in [1.54, 1.807) is 6.07 Å². The average Bonchev–Trinajstić information content (AvgIpc) is 2.59. The van der Waals surface area contributed by atoms with Crippen molar-refractivity contribution in [3.63, 3.8) is 0 Å². The summed E-state index contributed by atoms with van der Waals surface area (Å²) < 4.78 is 17.6. The van der Waals surface area contributed by atoms with Crippen LogP contribution in [0, 0.1) is 0 Å². The van der Waals surface area contributed by atoms with Gasteiger partial charge >= 0.3 is 0 Å². The maximum absolute atomic E-state index is 12.4. The lowest BCUT2D eigenvalue weighted by atomic mass is 10.1. The van der Waals surface area contributed by atoms with Crippen molar-refractivity contribution in [2.75, 3.05) is 0 Å². The number of rotatable bonds is 4. The fraction of sp³-hybridized carbons (Fsp3) is 0.0556. The van der Waals surface area contributed by atoms with Crippen LogP contribution in [-0.4, -0.2) is 9.92 Å². The molecule has 0 fully saturated rings. The van der Waals surface area contributed by atoms with Gasteiger partial charge in [0.2, 0.25) is 0 Å². The summed E-state index contributed by atoms with van der Waals surface area (Å²) in [5.41, 5.74) is 1.63. The van der Waals surface area contributed by atoms with E-state index in [1.165, 1.54) is 0 Å². The molecule has 3 nitrogen and oxygen atoms in total. The molecule has 3 aromatic carbocycles. The molecule has 1 atom stereocenters. The molecule has 4 heteroatoms. The monoisotopic (exact) mass is 309 g/mol. The van der Waals surface area contributed by atoms with Gasteiger partial charge in [0, 0.05) is 5.39 Å². The lowest BCUT2D eigenvalue weighted by Gasteiger charge is -2.05. The molecule has 3 rings (SSSR count). The van der Waals surface area contributed by atoms with Gasteiger partial charge < -0.3 is 0 Å². The molecule has 0 aliphatic heterocycles. The smallest absolute Gasteiger partial charge is 0.265 e. The second-order valence-electron chi connectivity index (χ2n) is 4.83. The zero-order chi connectivity index (χ0) is 15.4. The third-order valence-electron chi connectivity index (χ3n) is 3.36. The van der Waals surface area contributed by atoms with Crippen LogP contribution in [-0.2, 0) is 15.4 Å². The number of benzene rings is 3. The summed E-state index contributed by atoms with van der Waals surface area (Å²) in [6.07, 6.45) is 0. The van der Waals surface area contributed by atoms with Crippen molar-refractivity contribution in [1.29, 1.82) is 0 Å². The van der Waals surface area contributed by atoms with Crippen LogP contribution in [0.1, 0.15) is 12.5 Å². The molecule has 0 unspecified atom stereocenters. The van der Waals surface area contributed by atoms with Crippen LogP contribution in [0.3, 0.4) is 0 Å². The van der Waals surface area contributed by atoms with Gasteiger partial charge in [0.05, 0.1) is 10.6 Å². The molecule has 0 saturated heterocycles. The summed E-state index contributed by atoms with van der Waals surface area (Å²) in [6.45, 7) is 1.83. The van der Waals surface area contributed by atoms with Gasteiger partial charge in [0.15, 0.2) is 0 Å². The zero-order valence-corrected chi connectivity index (χ0v) is 12.9. The minimum atomic E-state index is -1.64. The highest BCUT2D eigenvalue weighted by atomic mass is 32.2. The molecule has 0 radical (unpaired) electrons. The SMILES string of the molecule is C/C(=N\O[S@](=O)c1cccc2ccccc12)c1ccccc1. The minimum Gasteiger partial charge on any atom is -0.287 e. The normalized spacial score (nSPS) is 13.0. The van der Waals surface area contributed by atoms with Gasteiger partial charge in [-0.25, -0.2) is 4.21 Å². The molecule has 3 aromatic rings. The van der Waals surface area contributed by atoms with Gasteiger partial charge in [-0.3, -0.25) is 4.28 Å². The van der Waals surface area contributed by atoms with Crippen LogP contribution in [0.4, 0.5) is 0 Å². The van der Waals surface area contributed by atoms with Gasteiger partial charge in [-0.2, -0.15) is 0 Å². The number of hydrogen-bond acceptors (Lipinski definition) is 3. The lowest BCUT2D eigenvalue weighted by molar-refractivity contribution is 0.374. The molecule has 110 valence electrons. The largest absolute Gasteiger partial charge is 0.287 e. The fourth-order valence-corrected chi connectivity index (χ4v) is 3.02. The number of fused-ring (bicyclic) bond motifs is 1. The molecule has 0 aliphatic rings. The van der Waals surface area contributed by atoms with Crippen molar-refractivity contribution < 1.29 is 8.49 Å². The van der Waals surface area contributed by atoms with Gasteiger partial charge in [0.25, 0.3) is 11.1 Å². The molecule has 0 aliphatic carbocycles. The molecule has 0 amide bonds. The van der Waals surface area contributed by atoms with E-state index < -0.39 is 11.1 Å². The summed E-state index contributed by atoms with van der Waals surface area (Å²) in [4.78, 5) is 0.628. The molecule has 0 saturated carbocycles. The second-order valence-corrected chi connectivity index (χ2v) is 5.89. The maximum atomic E-state index is 12.4. The van der Waals surface area contributed by atoms with E-state index in [9.17, 15) is 4.21 Å². The third-order valence-corrected chi connectivity index (χ3v) is 4.29. The minimum absolute atomic E-state index is 0.628. The van der Waals surface area contributed by atoms with E-state index in [2.05, 4.69) is 5.16 Å². The molecular formula is C18H15NO2S. The topological polar surface area (TPSA) is 38.7 Å². The Morgan fingerprint density at radius 1 is 0.909 bits per heavy atom. The van der Waals surface area contributed by atoms with Crippen molar-refractivity contribution in [3.8, 4) is 0 Å². The average molecular weight is 309 g/mol. The first-order valence-corrected chi connectivity index (χ1v) is 8.00. The molecular weight excluding hydrogens is 294 g/mol. The summed E-state index contributed by atoms with van der Waals surface area (Å²) in [6, 6.07) is 23.1. The van der Waals surface area contributed by atoms with Gasteiger partial charge in [-0.1, -0.05) is 71.9 Å². The molecule has 0 aromatic heterocycles. The Kier molecular flexibility index (Phi) is 4.30. The van der Waals surface area contributed by atoms with Crippen molar-refractivity contribution >= 4 is 27.6 Å².